The average molecular weight is 274 g/mol. The van der Waals surface area contributed by atoms with E-state index in [1.165, 1.54) is 6.07 Å². The summed E-state index contributed by atoms with van der Waals surface area (Å²) in [6.45, 7) is 3.40. The van der Waals surface area contributed by atoms with Crippen LogP contribution in [0.1, 0.15) is 19.4 Å². The van der Waals surface area contributed by atoms with E-state index in [1.807, 2.05) is 0 Å². The van der Waals surface area contributed by atoms with Crippen molar-refractivity contribution in [3.05, 3.63) is 38.3 Å². The zero-order chi connectivity index (χ0) is 11.6. The largest absolute Gasteiger partial charge is 0.395 e. The molecule has 0 atom stereocenters. The maximum Gasteiger partial charge on any atom is 0.274 e. The Morgan fingerprint density at radius 1 is 1.53 bits per heavy atom. The van der Waals surface area contributed by atoms with E-state index in [2.05, 4.69) is 15.9 Å². The quantitative estimate of drug-likeness (QED) is 0.680. The first-order valence-electron chi connectivity index (χ1n) is 4.44. The van der Waals surface area contributed by atoms with Crippen LogP contribution in [-0.2, 0) is 5.41 Å². The fourth-order valence-corrected chi connectivity index (χ4v) is 1.66. The molecule has 0 bridgehead atoms. The molecule has 0 fully saturated rings. The molecule has 5 heteroatoms. The number of nitro groups is 1. The number of nitro benzene ring substituents is 1. The molecule has 0 aromatic heterocycles. The summed E-state index contributed by atoms with van der Waals surface area (Å²) >= 11 is 3.19. The molecular formula is C10H12BrNO3. The van der Waals surface area contributed by atoms with Crippen molar-refractivity contribution in [3.8, 4) is 0 Å². The minimum Gasteiger partial charge on any atom is -0.395 e. The van der Waals surface area contributed by atoms with Crippen LogP contribution >= 0.6 is 15.9 Å². The zero-order valence-electron chi connectivity index (χ0n) is 8.53. The second-order valence-electron chi connectivity index (χ2n) is 3.96. The highest BCUT2D eigenvalue weighted by Crippen LogP contribution is 2.33. The average Bonchev–Trinajstić information content (AvgIpc) is 2.17. The highest BCUT2D eigenvalue weighted by molar-refractivity contribution is 9.10. The van der Waals surface area contributed by atoms with E-state index in [-0.39, 0.29) is 12.3 Å². The lowest BCUT2D eigenvalue weighted by atomic mass is 9.84. The van der Waals surface area contributed by atoms with E-state index < -0.39 is 10.3 Å². The van der Waals surface area contributed by atoms with Crippen molar-refractivity contribution in [1.82, 2.24) is 0 Å². The third-order valence-corrected chi connectivity index (χ3v) is 2.77. The topological polar surface area (TPSA) is 63.4 Å². The number of aliphatic hydroxyl groups excluding tert-OH is 1. The number of hydrogen-bond donors (Lipinski definition) is 1. The third kappa shape index (κ3) is 2.54. The number of benzene rings is 1. The van der Waals surface area contributed by atoms with E-state index in [9.17, 15) is 15.2 Å². The molecule has 82 valence electrons. The predicted octanol–water partition coefficient (Wildman–Crippen LogP) is 2.63. The van der Waals surface area contributed by atoms with Gasteiger partial charge in [0.25, 0.3) is 5.69 Å². The van der Waals surface area contributed by atoms with Gasteiger partial charge in [0.1, 0.15) is 0 Å². The summed E-state index contributed by atoms with van der Waals surface area (Å²) in [5.74, 6) is 0. The fourth-order valence-electron chi connectivity index (χ4n) is 1.31. The molecule has 1 aromatic carbocycles. The third-order valence-electron chi connectivity index (χ3n) is 2.28. The molecule has 15 heavy (non-hydrogen) atoms. The van der Waals surface area contributed by atoms with Gasteiger partial charge in [-0.15, -0.1) is 0 Å². The molecule has 0 aliphatic carbocycles. The second-order valence-corrected chi connectivity index (χ2v) is 4.88. The highest BCUT2D eigenvalue weighted by atomic mass is 79.9. The van der Waals surface area contributed by atoms with E-state index in [4.69, 9.17) is 0 Å². The van der Waals surface area contributed by atoms with Crippen molar-refractivity contribution >= 4 is 21.6 Å². The van der Waals surface area contributed by atoms with Crippen LogP contribution in [-0.4, -0.2) is 16.6 Å². The molecule has 0 saturated heterocycles. The van der Waals surface area contributed by atoms with Gasteiger partial charge in [0.2, 0.25) is 0 Å². The summed E-state index contributed by atoms with van der Waals surface area (Å²) in [4.78, 5) is 10.4. The van der Waals surface area contributed by atoms with Crippen LogP contribution in [0.2, 0.25) is 0 Å². The molecule has 1 N–H and O–H groups in total. The van der Waals surface area contributed by atoms with Gasteiger partial charge in [-0.2, -0.15) is 0 Å². The molecule has 0 aliphatic rings. The summed E-state index contributed by atoms with van der Waals surface area (Å²) in [5, 5.41) is 20.0. The Morgan fingerprint density at radius 3 is 2.60 bits per heavy atom. The Morgan fingerprint density at radius 2 is 2.13 bits per heavy atom. The molecule has 1 aromatic rings. The minimum atomic E-state index is -0.608. The molecule has 0 heterocycles. The molecule has 0 aliphatic heterocycles. The van der Waals surface area contributed by atoms with Gasteiger partial charge >= 0.3 is 0 Å². The number of hydrogen-bond acceptors (Lipinski definition) is 3. The molecule has 1 rings (SSSR count). The number of aliphatic hydroxyl groups is 1. The first-order chi connectivity index (χ1) is 6.88. The van der Waals surface area contributed by atoms with Crippen LogP contribution in [0.3, 0.4) is 0 Å². The van der Waals surface area contributed by atoms with Gasteiger partial charge in [-0.25, -0.2) is 0 Å². The van der Waals surface area contributed by atoms with Gasteiger partial charge in [-0.1, -0.05) is 35.8 Å². The van der Waals surface area contributed by atoms with Crippen molar-refractivity contribution < 1.29 is 10.0 Å². The van der Waals surface area contributed by atoms with Crippen molar-refractivity contribution in [3.63, 3.8) is 0 Å². The lowest BCUT2D eigenvalue weighted by Crippen LogP contribution is -2.23. The van der Waals surface area contributed by atoms with Gasteiger partial charge in [0.05, 0.1) is 11.5 Å². The van der Waals surface area contributed by atoms with Crippen LogP contribution in [0, 0.1) is 10.1 Å². The normalized spacial score (nSPS) is 11.5. The molecule has 0 saturated carbocycles. The van der Waals surface area contributed by atoms with Crippen LogP contribution in [0.4, 0.5) is 5.69 Å². The monoisotopic (exact) mass is 273 g/mol. The van der Waals surface area contributed by atoms with Crippen LogP contribution in [0.5, 0.6) is 0 Å². The Balaban J connectivity index is 3.35. The number of halogens is 1. The van der Waals surface area contributed by atoms with Crippen molar-refractivity contribution in [1.29, 1.82) is 0 Å². The van der Waals surface area contributed by atoms with Crippen molar-refractivity contribution in [2.75, 3.05) is 6.61 Å². The summed E-state index contributed by atoms with van der Waals surface area (Å²) in [6, 6.07) is 4.85. The van der Waals surface area contributed by atoms with E-state index in [0.717, 1.165) is 0 Å². The van der Waals surface area contributed by atoms with E-state index in [0.29, 0.717) is 10.0 Å². The summed E-state index contributed by atoms with van der Waals surface area (Å²) in [7, 11) is 0. The molecule has 0 radical (unpaired) electrons. The van der Waals surface area contributed by atoms with Gasteiger partial charge in [-0.3, -0.25) is 10.1 Å². The second kappa shape index (κ2) is 4.28. The van der Waals surface area contributed by atoms with Crippen LogP contribution < -0.4 is 0 Å². The van der Waals surface area contributed by atoms with Crippen molar-refractivity contribution in [2.45, 2.75) is 19.3 Å². The molecule has 0 spiro atoms. The van der Waals surface area contributed by atoms with Gasteiger partial charge in [0, 0.05) is 21.5 Å². The summed E-state index contributed by atoms with van der Waals surface area (Å²) in [6.07, 6.45) is 0. The number of nitrogens with zero attached hydrogens (tertiary/aromatic N) is 1. The zero-order valence-corrected chi connectivity index (χ0v) is 10.1. The van der Waals surface area contributed by atoms with E-state index in [1.54, 1.807) is 26.0 Å². The maximum atomic E-state index is 10.8. The van der Waals surface area contributed by atoms with Crippen LogP contribution in [0.25, 0.3) is 0 Å². The Labute approximate surface area is 96.2 Å². The smallest absolute Gasteiger partial charge is 0.274 e. The summed E-state index contributed by atoms with van der Waals surface area (Å²) < 4.78 is 0.659. The SMILES string of the molecule is CC(C)(CO)c1ccc(Br)cc1[N+](=O)[O-]. The standard InChI is InChI=1S/C10H12BrNO3/c1-10(2,6-13)8-4-3-7(11)5-9(8)12(14)15/h3-5,13H,6H2,1-2H3. The van der Waals surface area contributed by atoms with Gasteiger partial charge < -0.3 is 5.11 Å². The molecule has 0 unspecified atom stereocenters. The fraction of sp³-hybridized carbons (Fsp3) is 0.400. The highest BCUT2D eigenvalue weighted by Gasteiger charge is 2.28. The summed E-state index contributed by atoms with van der Waals surface area (Å²) in [5.41, 5.74) is -0.0371. The number of rotatable bonds is 3. The van der Waals surface area contributed by atoms with Crippen molar-refractivity contribution in [2.24, 2.45) is 0 Å². The molecular weight excluding hydrogens is 262 g/mol. The Bertz CT molecular complexity index is 390. The van der Waals surface area contributed by atoms with Gasteiger partial charge in [0.15, 0.2) is 0 Å². The minimum absolute atomic E-state index is 0.0309. The Kier molecular flexibility index (Phi) is 3.46. The van der Waals surface area contributed by atoms with Crippen LogP contribution in [0.15, 0.2) is 22.7 Å². The predicted molar refractivity (Wildman–Crippen MR) is 60.9 cm³/mol. The lowest BCUT2D eigenvalue weighted by Gasteiger charge is -2.21. The van der Waals surface area contributed by atoms with Gasteiger partial charge in [-0.05, 0) is 6.07 Å². The Hall–Kier alpha value is -0.940. The first-order valence-corrected chi connectivity index (χ1v) is 5.23. The lowest BCUT2D eigenvalue weighted by molar-refractivity contribution is -0.386. The molecule has 0 amide bonds. The van der Waals surface area contributed by atoms with E-state index >= 15 is 0 Å². The first kappa shape index (κ1) is 12.1. The maximum absolute atomic E-state index is 10.8. The molecule has 4 nitrogen and oxygen atoms in total.